The van der Waals surface area contributed by atoms with E-state index in [-0.39, 0.29) is 12.2 Å². The van der Waals surface area contributed by atoms with Gasteiger partial charge in [-0.25, -0.2) is 0 Å². The van der Waals surface area contributed by atoms with Crippen LogP contribution in [0.2, 0.25) is 0 Å². The van der Waals surface area contributed by atoms with Gasteiger partial charge in [-0.05, 0) is 12.8 Å². The third-order valence-corrected chi connectivity index (χ3v) is 3.51. The van der Waals surface area contributed by atoms with Crippen LogP contribution in [0.4, 0.5) is 0 Å². The summed E-state index contributed by atoms with van der Waals surface area (Å²) in [5, 5.41) is 0. The van der Waals surface area contributed by atoms with Gasteiger partial charge in [0.15, 0.2) is 0 Å². The molecule has 2 aliphatic rings. The highest BCUT2D eigenvalue weighted by atomic mass is 16.6. The summed E-state index contributed by atoms with van der Waals surface area (Å²) in [5.41, 5.74) is 0. The smallest absolute Gasteiger partial charge is 0.0837 e. The second-order valence-electron chi connectivity index (χ2n) is 4.94. The Hall–Kier alpha value is -0.200. The second-order valence-corrected chi connectivity index (χ2v) is 4.94. The number of hydrogen-bond donors (Lipinski definition) is 0. The minimum atomic E-state index is 0.221. The minimum absolute atomic E-state index is 0.221. The maximum absolute atomic E-state index is 5.89. The Morgan fingerprint density at radius 1 is 0.474 bits per heavy atom. The monoisotopic (exact) mass is 274 g/mol. The lowest BCUT2D eigenvalue weighted by atomic mass is 9.94. The third-order valence-electron chi connectivity index (χ3n) is 3.51. The predicted octanol–water partition coefficient (Wildman–Crippen LogP) is 1.39. The topological polar surface area (TPSA) is 46.2 Å². The molecule has 0 unspecified atom stereocenters. The van der Waals surface area contributed by atoms with Gasteiger partial charge in [-0.15, -0.1) is 0 Å². The molecular weight excluding hydrogens is 248 g/mol. The van der Waals surface area contributed by atoms with E-state index in [9.17, 15) is 0 Å². The van der Waals surface area contributed by atoms with Crippen LogP contribution in [0.3, 0.4) is 0 Å². The summed E-state index contributed by atoms with van der Waals surface area (Å²) in [6, 6.07) is 0. The standard InChI is InChI=1S/C14H26O5/c1-2-4-14-13(3-1)18-11-9-16-7-5-15-6-8-17-10-12-19-14/h13-14H,1-12H2/t13-,14-/m1/s1. The second kappa shape index (κ2) is 9.66. The molecule has 0 aromatic rings. The van der Waals surface area contributed by atoms with Crippen molar-refractivity contribution in [2.24, 2.45) is 0 Å². The number of rotatable bonds is 0. The normalized spacial score (nSPS) is 32.8. The van der Waals surface area contributed by atoms with Gasteiger partial charge >= 0.3 is 0 Å². The predicted molar refractivity (Wildman–Crippen MR) is 70.4 cm³/mol. The summed E-state index contributed by atoms with van der Waals surface area (Å²) in [6.07, 6.45) is 5.09. The van der Waals surface area contributed by atoms with Gasteiger partial charge in [-0.2, -0.15) is 0 Å². The first-order valence-corrected chi connectivity index (χ1v) is 7.43. The van der Waals surface area contributed by atoms with Crippen LogP contribution in [-0.2, 0) is 23.7 Å². The van der Waals surface area contributed by atoms with Crippen LogP contribution in [-0.4, -0.2) is 65.1 Å². The molecule has 0 aromatic carbocycles. The molecule has 5 heteroatoms. The van der Waals surface area contributed by atoms with E-state index >= 15 is 0 Å². The largest absolute Gasteiger partial charge is 0.377 e. The first kappa shape index (κ1) is 15.2. The van der Waals surface area contributed by atoms with E-state index in [1.54, 1.807) is 0 Å². The first-order valence-electron chi connectivity index (χ1n) is 7.43. The van der Waals surface area contributed by atoms with Crippen LogP contribution in [0.5, 0.6) is 0 Å². The molecular formula is C14H26O5. The number of hydrogen-bond acceptors (Lipinski definition) is 5. The van der Waals surface area contributed by atoms with Crippen LogP contribution >= 0.6 is 0 Å². The van der Waals surface area contributed by atoms with E-state index in [0.717, 1.165) is 12.8 Å². The van der Waals surface area contributed by atoms with E-state index in [4.69, 9.17) is 23.7 Å². The fourth-order valence-corrected chi connectivity index (χ4v) is 2.50. The summed E-state index contributed by atoms with van der Waals surface area (Å²) >= 11 is 0. The molecule has 5 nitrogen and oxygen atoms in total. The lowest BCUT2D eigenvalue weighted by Crippen LogP contribution is -2.36. The first-order chi connectivity index (χ1) is 9.47. The van der Waals surface area contributed by atoms with Gasteiger partial charge in [0.1, 0.15) is 0 Å². The molecule has 0 aromatic heterocycles. The van der Waals surface area contributed by atoms with Crippen LogP contribution in [0, 0.1) is 0 Å². The van der Waals surface area contributed by atoms with Gasteiger partial charge in [0, 0.05) is 0 Å². The summed E-state index contributed by atoms with van der Waals surface area (Å²) in [7, 11) is 0. The SMILES string of the molecule is C1CC[C@H]2OCCOCCOCCOCCO[C@@H]2C1. The maximum Gasteiger partial charge on any atom is 0.0837 e. The van der Waals surface area contributed by atoms with Crippen molar-refractivity contribution >= 4 is 0 Å². The van der Waals surface area contributed by atoms with Gasteiger partial charge < -0.3 is 23.7 Å². The third kappa shape index (κ3) is 6.19. The van der Waals surface area contributed by atoms with Gasteiger partial charge in [0.05, 0.1) is 65.1 Å². The number of ether oxygens (including phenoxy) is 5. The van der Waals surface area contributed by atoms with Gasteiger partial charge in [0.2, 0.25) is 0 Å². The molecule has 1 aliphatic carbocycles. The molecule has 1 aliphatic heterocycles. The molecule has 2 atom stereocenters. The Morgan fingerprint density at radius 2 is 0.842 bits per heavy atom. The Morgan fingerprint density at radius 3 is 1.26 bits per heavy atom. The summed E-state index contributed by atoms with van der Waals surface area (Å²) in [5.74, 6) is 0. The molecule has 2 rings (SSSR count). The Balaban J connectivity index is 1.74. The highest BCUT2D eigenvalue weighted by molar-refractivity contribution is 4.76. The van der Waals surface area contributed by atoms with E-state index in [0.29, 0.717) is 52.9 Å². The minimum Gasteiger partial charge on any atom is -0.377 e. The Bertz CT molecular complexity index is 202. The molecule has 1 saturated carbocycles. The van der Waals surface area contributed by atoms with Gasteiger partial charge in [0.25, 0.3) is 0 Å². The molecule has 0 bridgehead atoms. The van der Waals surface area contributed by atoms with E-state index in [2.05, 4.69) is 0 Å². The number of fused-ring (bicyclic) bond motifs is 1. The van der Waals surface area contributed by atoms with E-state index in [1.165, 1.54) is 12.8 Å². The lowest BCUT2D eigenvalue weighted by Gasteiger charge is -2.31. The zero-order valence-electron chi connectivity index (χ0n) is 11.7. The van der Waals surface area contributed by atoms with E-state index in [1.807, 2.05) is 0 Å². The summed E-state index contributed by atoms with van der Waals surface area (Å²) in [6.45, 7) is 5.01. The summed E-state index contributed by atoms with van der Waals surface area (Å²) < 4.78 is 28.1. The lowest BCUT2D eigenvalue weighted by molar-refractivity contribution is -0.108. The average molecular weight is 274 g/mol. The van der Waals surface area contributed by atoms with Crippen molar-refractivity contribution in [2.75, 3.05) is 52.9 Å². The van der Waals surface area contributed by atoms with Crippen LogP contribution in [0.15, 0.2) is 0 Å². The Kier molecular flexibility index (Phi) is 7.73. The van der Waals surface area contributed by atoms with Crippen LogP contribution in [0.25, 0.3) is 0 Å². The maximum atomic E-state index is 5.89. The van der Waals surface area contributed by atoms with Crippen LogP contribution < -0.4 is 0 Å². The molecule has 0 radical (unpaired) electrons. The molecule has 19 heavy (non-hydrogen) atoms. The molecule has 0 spiro atoms. The molecule has 1 heterocycles. The fraction of sp³-hybridized carbons (Fsp3) is 1.00. The Labute approximate surface area is 115 Å². The zero-order chi connectivity index (χ0) is 13.2. The zero-order valence-corrected chi connectivity index (χ0v) is 11.7. The molecule has 0 amide bonds. The van der Waals surface area contributed by atoms with Crippen molar-refractivity contribution in [3.8, 4) is 0 Å². The van der Waals surface area contributed by atoms with Crippen molar-refractivity contribution in [1.29, 1.82) is 0 Å². The van der Waals surface area contributed by atoms with Crippen molar-refractivity contribution in [3.63, 3.8) is 0 Å². The highest BCUT2D eigenvalue weighted by Gasteiger charge is 2.26. The van der Waals surface area contributed by atoms with Crippen molar-refractivity contribution in [2.45, 2.75) is 37.9 Å². The fourth-order valence-electron chi connectivity index (χ4n) is 2.50. The van der Waals surface area contributed by atoms with Crippen molar-refractivity contribution in [3.05, 3.63) is 0 Å². The van der Waals surface area contributed by atoms with Crippen LogP contribution in [0.1, 0.15) is 25.7 Å². The van der Waals surface area contributed by atoms with Gasteiger partial charge in [-0.3, -0.25) is 0 Å². The molecule has 1 saturated heterocycles. The van der Waals surface area contributed by atoms with Crippen molar-refractivity contribution in [1.82, 2.24) is 0 Å². The van der Waals surface area contributed by atoms with Gasteiger partial charge in [-0.1, -0.05) is 12.8 Å². The molecule has 2 fully saturated rings. The van der Waals surface area contributed by atoms with Crippen molar-refractivity contribution < 1.29 is 23.7 Å². The molecule has 0 N–H and O–H groups in total. The quantitative estimate of drug-likeness (QED) is 0.668. The highest BCUT2D eigenvalue weighted by Crippen LogP contribution is 2.23. The van der Waals surface area contributed by atoms with E-state index < -0.39 is 0 Å². The molecule has 112 valence electrons. The summed E-state index contributed by atoms with van der Waals surface area (Å²) in [4.78, 5) is 0. The average Bonchev–Trinajstić information content (AvgIpc) is 2.45.